The molecule has 1 heterocycles. The first kappa shape index (κ1) is 16.2. The summed E-state index contributed by atoms with van der Waals surface area (Å²) < 4.78 is 0. The van der Waals surface area contributed by atoms with Crippen LogP contribution in [0.25, 0.3) is 0 Å². The number of aromatic nitrogens is 1. The molecule has 22 heavy (non-hydrogen) atoms. The predicted molar refractivity (Wildman–Crippen MR) is 85.3 cm³/mol. The zero-order chi connectivity index (χ0) is 16.1. The number of carboxylic acids is 1. The minimum Gasteiger partial charge on any atom is -0.478 e. The van der Waals surface area contributed by atoms with Crippen molar-refractivity contribution in [2.75, 3.05) is 7.05 Å². The molecule has 0 radical (unpaired) electrons. The second kappa shape index (κ2) is 7.17. The molecular weight excluding hydrogens is 300 g/mol. The Balaban J connectivity index is 2.02. The molecule has 0 saturated heterocycles. The van der Waals surface area contributed by atoms with Crippen molar-refractivity contribution in [2.24, 2.45) is 0 Å². The van der Waals surface area contributed by atoms with Gasteiger partial charge in [0.1, 0.15) is 4.88 Å². The maximum absolute atomic E-state index is 12.3. The number of hydrogen-bond donors (Lipinski definition) is 1. The van der Waals surface area contributed by atoms with Gasteiger partial charge in [0.25, 0.3) is 5.91 Å². The van der Waals surface area contributed by atoms with Crippen LogP contribution in [0.15, 0.2) is 30.5 Å². The first-order valence-electron chi connectivity index (χ1n) is 7.03. The van der Waals surface area contributed by atoms with Crippen LogP contribution in [-0.2, 0) is 13.0 Å². The van der Waals surface area contributed by atoms with E-state index in [2.05, 4.69) is 11.9 Å². The molecule has 0 bridgehead atoms. The van der Waals surface area contributed by atoms with E-state index in [0.717, 1.165) is 23.4 Å². The SMILES string of the molecule is CCCc1ncc(C(=O)N(C)Cc2ccc(C(=O)O)cc2)s1. The maximum Gasteiger partial charge on any atom is 0.335 e. The van der Waals surface area contributed by atoms with Crippen LogP contribution in [-0.4, -0.2) is 33.9 Å². The van der Waals surface area contributed by atoms with Gasteiger partial charge < -0.3 is 10.0 Å². The van der Waals surface area contributed by atoms with E-state index in [0.29, 0.717) is 11.4 Å². The fraction of sp³-hybridized carbons (Fsp3) is 0.312. The van der Waals surface area contributed by atoms with Crippen LogP contribution < -0.4 is 0 Å². The van der Waals surface area contributed by atoms with Gasteiger partial charge in [-0.15, -0.1) is 11.3 Å². The second-order valence-electron chi connectivity index (χ2n) is 5.03. The van der Waals surface area contributed by atoms with Crippen molar-refractivity contribution in [1.29, 1.82) is 0 Å². The van der Waals surface area contributed by atoms with E-state index in [9.17, 15) is 9.59 Å². The number of aromatic carboxylic acids is 1. The Morgan fingerprint density at radius 3 is 2.55 bits per heavy atom. The monoisotopic (exact) mass is 318 g/mol. The number of carboxylic acid groups (broad SMARTS) is 1. The fourth-order valence-corrected chi connectivity index (χ4v) is 3.04. The van der Waals surface area contributed by atoms with E-state index in [1.807, 2.05) is 0 Å². The maximum atomic E-state index is 12.3. The first-order valence-corrected chi connectivity index (χ1v) is 7.85. The van der Waals surface area contributed by atoms with Gasteiger partial charge >= 0.3 is 5.97 Å². The molecular formula is C16H18N2O3S. The van der Waals surface area contributed by atoms with E-state index in [1.54, 1.807) is 42.4 Å². The third kappa shape index (κ3) is 3.92. The van der Waals surface area contributed by atoms with Gasteiger partial charge in [0, 0.05) is 13.6 Å². The molecule has 2 rings (SSSR count). The molecule has 1 aromatic heterocycles. The quantitative estimate of drug-likeness (QED) is 0.888. The van der Waals surface area contributed by atoms with Crippen molar-refractivity contribution in [3.05, 3.63) is 51.5 Å². The molecule has 0 fully saturated rings. The molecule has 0 aliphatic rings. The average Bonchev–Trinajstić information content (AvgIpc) is 2.96. The highest BCUT2D eigenvalue weighted by Gasteiger charge is 2.15. The van der Waals surface area contributed by atoms with E-state index in [1.165, 1.54) is 11.3 Å². The smallest absolute Gasteiger partial charge is 0.335 e. The molecule has 0 atom stereocenters. The van der Waals surface area contributed by atoms with Crippen LogP contribution in [0.3, 0.4) is 0 Å². The van der Waals surface area contributed by atoms with Crippen LogP contribution in [0, 0.1) is 0 Å². The van der Waals surface area contributed by atoms with Gasteiger partial charge in [0.15, 0.2) is 0 Å². The highest BCUT2D eigenvalue weighted by Crippen LogP contribution is 2.17. The lowest BCUT2D eigenvalue weighted by Gasteiger charge is -2.16. The van der Waals surface area contributed by atoms with Crippen LogP contribution in [0.4, 0.5) is 0 Å². The largest absolute Gasteiger partial charge is 0.478 e. The molecule has 0 spiro atoms. The summed E-state index contributed by atoms with van der Waals surface area (Å²) in [4.78, 5) is 29.7. The molecule has 0 unspecified atom stereocenters. The zero-order valence-corrected chi connectivity index (χ0v) is 13.4. The standard InChI is InChI=1S/C16H18N2O3S/c1-3-4-14-17-9-13(22-14)15(19)18(2)10-11-5-7-12(8-6-11)16(20)21/h5-9H,3-4,10H2,1-2H3,(H,20,21). The lowest BCUT2D eigenvalue weighted by atomic mass is 10.1. The van der Waals surface area contributed by atoms with Crippen molar-refractivity contribution in [1.82, 2.24) is 9.88 Å². The Hall–Kier alpha value is -2.21. The number of hydrogen-bond acceptors (Lipinski definition) is 4. The van der Waals surface area contributed by atoms with Crippen molar-refractivity contribution in [3.63, 3.8) is 0 Å². The average molecular weight is 318 g/mol. The highest BCUT2D eigenvalue weighted by molar-refractivity contribution is 7.13. The van der Waals surface area contributed by atoms with Gasteiger partial charge in [0.05, 0.1) is 16.8 Å². The van der Waals surface area contributed by atoms with E-state index in [4.69, 9.17) is 5.11 Å². The Labute approximate surface area is 133 Å². The van der Waals surface area contributed by atoms with Crippen molar-refractivity contribution in [2.45, 2.75) is 26.3 Å². The van der Waals surface area contributed by atoms with Gasteiger partial charge in [-0.3, -0.25) is 4.79 Å². The fourth-order valence-electron chi connectivity index (χ4n) is 2.03. The Morgan fingerprint density at radius 1 is 1.27 bits per heavy atom. The summed E-state index contributed by atoms with van der Waals surface area (Å²) in [5.74, 6) is -1.02. The highest BCUT2D eigenvalue weighted by atomic mass is 32.1. The molecule has 116 valence electrons. The molecule has 1 N–H and O–H groups in total. The summed E-state index contributed by atoms with van der Waals surface area (Å²) in [7, 11) is 1.73. The molecule has 0 aliphatic carbocycles. The minimum absolute atomic E-state index is 0.0674. The number of thiazole rings is 1. The summed E-state index contributed by atoms with van der Waals surface area (Å²) in [5, 5.41) is 9.85. The van der Waals surface area contributed by atoms with Crippen LogP contribution in [0.5, 0.6) is 0 Å². The second-order valence-corrected chi connectivity index (χ2v) is 6.15. The van der Waals surface area contributed by atoms with Crippen molar-refractivity contribution in [3.8, 4) is 0 Å². The molecule has 1 aromatic carbocycles. The van der Waals surface area contributed by atoms with Gasteiger partial charge in [-0.1, -0.05) is 19.1 Å². The van der Waals surface area contributed by atoms with E-state index in [-0.39, 0.29) is 11.5 Å². The number of rotatable bonds is 6. The minimum atomic E-state index is -0.955. The summed E-state index contributed by atoms with van der Waals surface area (Å²) in [5.41, 5.74) is 1.13. The number of benzene rings is 1. The summed E-state index contributed by atoms with van der Waals surface area (Å²) in [6.45, 7) is 2.51. The normalized spacial score (nSPS) is 10.5. The third-order valence-electron chi connectivity index (χ3n) is 3.20. The van der Waals surface area contributed by atoms with Crippen molar-refractivity contribution < 1.29 is 14.7 Å². The molecule has 2 aromatic rings. The van der Waals surface area contributed by atoms with Crippen molar-refractivity contribution >= 4 is 23.2 Å². The summed E-state index contributed by atoms with van der Waals surface area (Å²) >= 11 is 1.43. The molecule has 1 amide bonds. The third-order valence-corrected chi connectivity index (χ3v) is 4.24. The van der Waals surface area contributed by atoms with Gasteiger partial charge in [0.2, 0.25) is 0 Å². The topological polar surface area (TPSA) is 70.5 Å². The summed E-state index contributed by atoms with van der Waals surface area (Å²) in [6, 6.07) is 6.54. The number of nitrogens with zero attached hydrogens (tertiary/aromatic N) is 2. The lowest BCUT2D eigenvalue weighted by Crippen LogP contribution is -2.25. The number of carbonyl (C=O) groups excluding carboxylic acids is 1. The number of carbonyl (C=O) groups is 2. The van der Waals surface area contributed by atoms with E-state index < -0.39 is 5.97 Å². The molecule has 0 saturated carbocycles. The molecule has 5 nitrogen and oxygen atoms in total. The molecule has 0 aliphatic heterocycles. The van der Waals surface area contributed by atoms with Gasteiger partial charge in [-0.2, -0.15) is 0 Å². The first-order chi connectivity index (χ1) is 10.5. The summed E-state index contributed by atoms with van der Waals surface area (Å²) in [6.07, 6.45) is 3.52. The molecule has 6 heteroatoms. The van der Waals surface area contributed by atoms with E-state index >= 15 is 0 Å². The van der Waals surface area contributed by atoms with Crippen LogP contribution >= 0.6 is 11.3 Å². The van der Waals surface area contributed by atoms with Crippen LogP contribution in [0.2, 0.25) is 0 Å². The van der Waals surface area contributed by atoms with Crippen LogP contribution in [0.1, 0.15) is 43.9 Å². The zero-order valence-electron chi connectivity index (χ0n) is 12.6. The lowest BCUT2D eigenvalue weighted by molar-refractivity contribution is 0.0695. The Morgan fingerprint density at radius 2 is 1.95 bits per heavy atom. The predicted octanol–water partition coefficient (Wildman–Crippen LogP) is 3.07. The Kier molecular flexibility index (Phi) is 5.27. The Bertz CT molecular complexity index is 664. The van der Waals surface area contributed by atoms with Gasteiger partial charge in [-0.25, -0.2) is 9.78 Å². The van der Waals surface area contributed by atoms with Gasteiger partial charge in [-0.05, 0) is 30.5 Å². The number of aryl methyl sites for hydroxylation is 1. The number of amides is 1.